The van der Waals surface area contributed by atoms with Crippen LogP contribution in [0.3, 0.4) is 0 Å². The van der Waals surface area contributed by atoms with Crippen LogP contribution in [0.15, 0.2) is 54.6 Å². The maximum absolute atomic E-state index is 11.8. The SMILES string of the molecule is CN(C)C=O.Cl.O=C(O)c1cc2c(C3CCNCC3)cccc2n1Cc1ccccc1. The molecule has 2 aromatic carbocycles. The first-order valence-corrected chi connectivity index (χ1v) is 10.2. The molecule has 6 nitrogen and oxygen atoms in total. The van der Waals surface area contributed by atoms with Crippen LogP contribution in [-0.4, -0.2) is 54.1 Å². The van der Waals surface area contributed by atoms with Gasteiger partial charge in [-0.15, -0.1) is 12.4 Å². The molecule has 1 aliphatic heterocycles. The summed E-state index contributed by atoms with van der Waals surface area (Å²) in [4.78, 5) is 22.7. The number of piperidine rings is 1. The molecule has 0 atom stereocenters. The van der Waals surface area contributed by atoms with Gasteiger partial charge in [-0.1, -0.05) is 42.5 Å². The zero-order valence-corrected chi connectivity index (χ0v) is 18.8. The normalized spacial score (nSPS) is 13.6. The van der Waals surface area contributed by atoms with Crippen LogP contribution in [0.1, 0.15) is 40.4 Å². The fourth-order valence-corrected chi connectivity index (χ4v) is 3.91. The molecule has 0 unspecified atom stereocenters. The van der Waals surface area contributed by atoms with Crippen molar-refractivity contribution in [1.29, 1.82) is 0 Å². The van der Waals surface area contributed by atoms with Crippen molar-refractivity contribution in [2.75, 3.05) is 27.2 Å². The van der Waals surface area contributed by atoms with Gasteiger partial charge in [-0.05, 0) is 55.1 Å². The molecule has 0 radical (unpaired) electrons. The number of amides is 1. The lowest BCUT2D eigenvalue weighted by Gasteiger charge is -2.23. The Hall–Kier alpha value is -2.83. The molecular weight excluding hydrogens is 414 g/mol. The fraction of sp³-hybridized carbons (Fsp3) is 0.333. The summed E-state index contributed by atoms with van der Waals surface area (Å²) < 4.78 is 1.93. The molecule has 0 bridgehead atoms. The van der Waals surface area contributed by atoms with Gasteiger partial charge in [0, 0.05) is 31.5 Å². The monoisotopic (exact) mass is 443 g/mol. The van der Waals surface area contributed by atoms with Crippen molar-refractivity contribution < 1.29 is 14.7 Å². The van der Waals surface area contributed by atoms with Crippen LogP contribution in [0, 0.1) is 0 Å². The van der Waals surface area contributed by atoms with E-state index in [4.69, 9.17) is 0 Å². The first kappa shape index (κ1) is 24.4. The van der Waals surface area contributed by atoms with Gasteiger partial charge in [0.2, 0.25) is 6.41 Å². The Kier molecular flexibility index (Phi) is 9.09. The van der Waals surface area contributed by atoms with Crippen LogP contribution >= 0.6 is 12.4 Å². The second-order valence-electron chi connectivity index (χ2n) is 7.78. The largest absolute Gasteiger partial charge is 0.477 e. The number of carbonyl (C=O) groups is 2. The van der Waals surface area contributed by atoms with Crippen molar-refractivity contribution >= 4 is 35.7 Å². The van der Waals surface area contributed by atoms with Crippen LogP contribution < -0.4 is 5.32 Å². The molecule has 1 amide bonds. The lowest BCUT2D eigenvalue weighted by Crippen LogP contribution is -2.26. The van der Waals surface area contributed by atoms with Crippen LogP contribution in [0.2, 0.25) is 0 Å². The molecule has 3 aromatic rings. The lowest BCUT2D eigenvalue weighted by molar-refractivity contribution is -0.115. The van der Waals surface area contributed by atoms with Crippen LogP contribution in [0.5, 0.6) is 0 Å². The third kappa shape index (κ3) is 6.09. The number of hydrogen-bond acceptors (Lipinski definition) is 3. The van der Waals surface area contributed by atoms with E-state index < -0.39 is 5.97 Å². The first-order chi connectivity index (χ1) is 14.5. The number of halogens is 1. The Morgan fingerprint density at radius 3 is 2.35 bits per heavy atom. The highest BCUT2D eigenvalue weighted by Crippen LogP contribution is 2.33. The number of benzene rings is 2. The number of aromatic carboxylic acids is 1. The van der Waals surface area contributed by atoms with Crippen molar-refractivity contribution in [3.8, 4) is 0 Å². The number of carboxylic acids is 1. The minimum Gasteiger partial charge on any atom is -0.477 e. The van der Waals surface area contributed by atoms with E-state index in [-0.39, 0.29) is 12.4 Å². The number of aromatic nitrogens is 1. The van der Waals surface area contributed by atoms with Crippen molar-refractivity contribution in [1.82, 2.24) is 14.8 Å². The molecule has 1 fully saturated rings. The standard InChI is InChI=1S/C21H22N2O2.C3H7NO.ClH/c24-21(25)20-13-18-17(16-9-11-22-12-10-16)7-4-8-19(18)23(20)14-15-5-2-1-3-6-15;1-4(2)3-5;/h1-8,13,16,22H,9-12,14H2,(H,24,25);3H,1-2H3;1H. The molecule has 7 heteroatoms. The summed E-state index contributed by atoms with van der Waals surface area (Å²) >= 11 is 0. The van der Waals surface area contributed by atoms with E-state index in [1.165, 1.54) is 10.5 Å². The number of rotatable bonds is 5. The van der Waals surface area contributed by atoms with E-state index in [1.807, 2.05) is 47.0 Å². The van der Waals surface area contributed by atoms with Gasteiger partial charge in [-0.2, -0.15) is 0 Å². The summed E-state index contributed by atoms with van der Waals surface area (Å²) in [6.45, 7) is 2.62. The van der Waals surface area contributed by atoms with E-state index in [1.54, 1.807) is 14.1 Å². The molecule has 0 aliphatic carbocycles. The quantitative estimate of drug-likeness (QED) is 0.585. The highest BCUT2D eigenvalue weighted by molar-refractivity contribution is 5.96. The zero-order valence-electron chi connectivity index (χ0n) is 18.0. The second kappa shape index (κ2) is 11.5. The highest BCUT2D eigenvalue weighted by atomic mass is 35.5. The predicted octanol–water partition coefficient (Wildman–Crippen LogP) is 3.98. The Balaban J connectivity index is 0.000000514. The zero-order chi connectivity index (χ0) is 21.5. The Morgan fingerprint density at radius 1 is 1.13 bits per heavy atom. The maximum atomic E-state index is 11.8. The van der Waals surface area contributed by atoms with Gasteiger partial charge in [0.1, 0.15) is 5.69 Å². The molecule has 1 aliphatic rings. The number of nitrogens with one attached hydrogen (secondary N) is 1. The Bertz CT molecular complexity index is 996. The average molecular weight is 444 g/mol. The molecule has 166 valence electrons. The predicted molar refractivity (Wildman–Crippen MR) is 126 cm³/mol. The van der Waals surface area contributed by atoms with Gasteiger partial charge in [-0.3, -0.25) is 4.79 Å². The van der Waals surface area contributed by atoms with Crippen LogP contribution in [0.25, 0.3) is 10.9 Å². The van der Waals surface area contributed by atoms with E-state index >= 15 is 0 Å². The second-order valence-corrected chi connectivity index (χ2v) is 7.78. The molecule has 2 N–H and O–H groups in total. The van der Waals surface area contributed by atoms with E-state index in [0.29, 0.717) is 18.2 Å². The van der Waals surface area contributed by atoms with Gasteiger partial charge in [0.05, 0.1) is 0 Å². The number of nitrogens with zero attached hydrogens (tertiary/aromatic N) is 2. The molecule has 1 aromatic heterocycles. The minimum atomic E-state index is -0.872. The number of hydrogen-bond donors (Lipinski definition) is 2. The van der Waals surface area contributed by atoms with Crippen LogP contribution in [-0.2, 0) is 11.3 Å². The first-order valence-electron chi connectivity index (χ1n) is 10.2. The fourth-order valence-electron chi connectivity index (χ4n) is 3.91. The molecule has 4 rings (SSSR count). The summed E-state index contributed by atoms with van der Waals surface area (Å²) in [6.07, 6.45) is 2.96. The smallest absolute Gasteiger partial charge is 0.352 e. The summed E-state index contributed by atoms with van der Waals surface area (Å²) in [6, 6.07) is 18.1. The lowest BCUT2D eigenvalue weighted by atomic mass is 9.88. The molecule has 31 heavy (non-hydrogen) atoms. The molecular formula is C24H30ClN3O3. The summed E-state index contributed by atoms with van der Waals surface area (Å²) in [5, 5.41) is 14.2. The van der Waals surface area contributed by atoms with Crippen molar-refractivity contribution in [3.05, 3.63) is 71.4 Å². The number of fused-ring (bicyclic) bond motifs is 1. The maximum Gasteiger partial charge on any atom is 0.352 e. The number of carbonyl (C=O) groups excluding carboxylic acids is 1. The van der Waals surface area contributed by atoms with Gasteiger partial charge in [0.25, 0.3) is 0 Å². The minimum absolute atomic E-state index is 0. The average Bonchev–Trinajstić information content (AvgIpc) is 3.14. The van der Waals surface area contributed by atoms with Crippen LogP contribution in [0.4, 0.5) is 0 Å². The Morgan fingerprint density at radius 2 is 1.77 bits per heavy atom. The van der Waals surface area contributed by atoms with E-state index in [9.17, 15) is 14.7 Å². The van der Waals surface area contributed by atoms with Gasteiger partial charge >= 0.3 is 5.97 Å². The van der Waals surface area contributed by atoms with Gasteiger partial charge in [-0.25, -0.2) is 4.79 Å². The molecule has 1 saturated heterocycles. The third-order valence-corrected chi connectivity index (χ3v) is 5.37. The van der Waals surface area contributed by atoms with Crippen molar-refractivity contribution in [2.24, 2.45) is 0 Å². The van der Waals surface area contributed by atoms with Crippen molar-refractivity contribution in [2.45, 2.75) is 25.3 Å². The van der Waals surface area contributed by atoms with Gasteiger partial charge in [0.15, 0.2) is 0 Å². The van der Waals surface area contributed by atoms with Crippen molar-refractivity contribution in [3.63, 3.8) is 0 Å². The molecule has 0 spiro atoms. The highest BCUT2D eigenvalue weighted by Gasteiger charge is 2.21. The Labute approximate surface area is 189 Å². The molecule has 0 saturated carbocycles. The summed E-state index contributed by atoms with van der Waals surface area (Å²) in [5.74, 6) is -0.373. The summed E-state index contributed by atoms with van der Waals surface area (Å²) in [5.41, 5.74) is 3.76. The summed E-state index contributed by atoms with van der Waals surface area (Å²) in [7, 11) is 3.38. The molecule has 2 heterocycles. The van der Waals surface area contributed by atoms with E-state index in [2.05, 4.69) is 17.4 Å². The number of carboxylic acid groups (broad SMARTS) is 1. The topological polar surface area (TPSA) is 74.6 Å². The van der Waals surface area contributed by atoms with E-state index in [0.717, 1.165) is 48.8 Å². The third-order valence-electron chi connectivity index (χ3n) is 5.37. The van der Waals surface area contributed by atoms with Gasteiger partial charge < -0.3 is 19.9 Å².